The summed E-state index contributed by atoms with van der Waals surface area (Å²) in [4.78, 5) is 12.0. The van der Waals surface area contributed by atoms with Gasteiger partial charge in [0.05, 0.1) is 0 Å². The SMILES string of the molecule is CCNc1nc(C(C)C)nc(N2CCCSCC2)c1C. The molecular formula is C15H26N4S. The number of rotatable bonds is 4. The molecule has 0 radical (unpaired) electrons. The summed E-state index contributed by atoms with van der Waals surface area (Å²) in [5, 5.41) is 3.38. The highest BCUT2D eigenvalue weighted by atomic mass is 32.2. The first-order chi connectivity index (χ1) is 9.63. The van der Waals surface area contributed by atoms with Crippen LogP contribution in [-0.4, -0.2) is 41.1 Å². The van der Waals surface area contributed by atoms with Gasteiger partial charge >= 0.3 is 0 Å². The number of anilines is 2. The molecule has 1 fully saturated rings. The van der Waals surface area contributed by atoms with Crippen molar-refractivity contribution in [2.24, 2.45) is 0 Å². The molecule has 0 amide bonds. The van der Waals surface area contributed by atoms with Crippen molar-refractivity contribution < 1.29 is 0 Å². The van der Waals surface area contributed by atoms with Crippen molar-refractivity contribution in [1.29, 1.82) is 0 Å². The van der Waals surface area contributed by atoms with Crippen LogP contribution in [0.2, 0.25) is 0 Å². The molecule has 1 saturated heterocycles. The Kier molecular flexibility index (Phi) is 5.52. The van der Waals surface area contributed by atoms with Crippen molar-refractivity contribution in [2.45, 2.75) is 40.0 Å². The topological polar surface area (TPSA) is 41.1 Å². The molecule has 2 heterocycles. The fourth-order valence-corrected chi connectivity index (χ4v) is 3.27. The number of thioether (sulfide) groups is 1. The molecule has 20 heavy (non-hydrogen) atoms. The molecular weight excluding hydrogens is 268 g/mol. The van der Waals surface area contributed by atoms with Crippen molar-refractivity contribution in [3.05, 3.63) is 11.4 Å². The lowest BCUT2D eigenvalue weighted by molar-refractivity contribution is 0.742. The van der Waals surface area contributed by atoms with Crippen LogP contribution in [0, 0.1) is 6.92 Å². The summed E-state index contributed by atoms with van der Waals surface area (Å²) in [6.45, 7) is 11.6. The summed E-state index contributed by atoms with van der Waals surface area (Å²) < 4.78 is 0. The third-order valence-electron chi connectivity index (χ3n) is 3.52. The minimum absolute atomic E-state index is 0.355. The minimum Gasteiger partial charge on any atom is -0.370 e. The third-order valence-corrected chi connectivity index (χ3v) is 4.57. The normalized spacial score (nSPS) is 16.4. The number of nitrogens with zero attached hydrogens (tertiary/aromatic N) is 3. The van der Waals surface area contributed by atoms with Gasteiger partial charge < -0.3 is 10.2 Å². The van der Waals surface area contributed by atoms with Crippen molar-refractivity contribution >= 4 is 23.4 Å². The van der Waals surface area contributed by atoms with E-state index in [1.165, 1.54) is 23.5 Å². The van der Waals surface area contributed by atoms with Crippen LogP contribution in [0.4, 0.5) is 11.6 Å². The largest absolute Gasteiger partial charge is 0.370 e. The summed E-state index contributed by atoms with van der Waals surface area (Å²) >= 11 is 2.04. The summed E-state index contributed by atoms with van der Waals surface area (Å²) in [6.07, 6.45) is 1.24. The zero-order valence-corrected chi connectivity index (χ0v) is 13.9. The number of hydrogen-bond acceptors (Lipinski definition) is 5. The molecule has 0 spiro atoms. The second-order valence-corrected chi connectivity index (χ2v) is 6.74. The molecule has 2 rings (SSSR count). The lowest BCUT2D eigenvalue weighted by Crippen LogP contribution is -2.28. The van der Waals surface area contributed by atoms with E-state index >= 15 is 0 Å². The van der Waals surface area contributed by atoms with Gasteiger partial charge in [-0.1, -0.05) is 13.8 Å². The van der Waals surface area contributed by atoms with Crippen molar-refractivity contribution in [3.8, 4) is 0 Å². The molecule has 0 aromatic carbocycles. The molecule has 4 nitrogen and oxygen atoms in total. The number of nitrogens with one attached hydrogen (secondary N) is 1. The molecule has 1 aliphatic heterocycles. The maximum atomic E-state index is 4.85. The molecule has 0 atom stereocenters. The second kappa shape index (κ2) is 7.16. The molecule has 0 unspecified atom stereocenters. The van der Waals surface area contributed by atoms with E-state index in [4.69, 9.17) is 4.98 Å². The Hall–Kier alpha value is -0.970. The van der Waals surface area contributed by atoms with E-state index in [1.54, 1.807) is 0 Å². The smallest absolute Gasteiger partial charge is 0.137 e. The Bertz CT molecular complexity index is 440. The molecule has 1 aromatic heterocycles. The van der Waals surface area contributed by atoms with Gasteiger partial charge in [0.1, 0.15) is 17.5 Å². The second-order valence-electron chi connectivity index (χ2n) is 5.52. The van der Waals surface area contributed by atoms with Gasteiger partial charge in [0.25, 0.3) is 0 Å². The Labute approximate surface area is 126 Å². The van der Waals surface area contributed by atoms with E-state index in [-0.39, 0.29) is 0 Å². The van der Waals surface area contributed by atoms with Crippen LogP contribution < -0.4 is 10.2 Å². The molecule has 0 aliphatic carbocycles. The van der Waals surface area contributed by atoms with Gasteiger partial charge in [0.15, 0.2) is 0 Å². The van der Waals surface area contributed by atoms with Crippen LogP contribution in [-0.2, 0) is 0 Å². The van der Waals surface area contributed by atoms with Gasteiger partial charge in [-0.05, 0) is 26.0 Å². The van der Waals surface area contributed by atoms with Gasteiger partial charge in [-0.3, -0.25) is 0 Å². The first-order valence-electron chi connectivity index (χ1n) is 7.58. The average Bonchev–Trinajstić information content (AvgIpc) is 2.70. The maximum Gasteiger partial charge on any atom is 0.137 e. The Balaban J connectivity index is 2.38. The Morgan fingerprint density at radius 2 is 2.05 bits per heavy atom. The van der Waals surface area contributed by atoms with Crippen LogP contribution >= 0.6 is 11.8 Å². The van der Waals surface area contributed by atoms with Crippen LogP contribution in [0.1, 0.15) is 44.5 Å². The first kappa shape index (κ1) is 15.4. The first-order valence-corrected chi connectivity index (χ1v) is 8.74. The molecule has 0 saturated carbocycles. The van der Waals surface area contributed by atoms with Crippen LogP contribution in [0.25, 0.3) is 0 Å². The Morgan fingerprint density at radius 1 is 1.25 bits per heavy atom. The van der Waals surface area contributed by atoms with Crippen molar-refractivity contribution in [3.63, 3.8) is 0 Å². The van der Waals surface area contributed by atoms with E-state index < -0.39 is 0 Å². The zero-order chi connectivity index (χ0) is 14.5. The molecule has 1 N–H and O–H groups in total. The highest BCUT2D eigenvalue weighted by molar-refractivity contribution is 7.99. The van der Waals surface area contributed by atoms with E-state index in [2.05, 4.69) is 42.9 Å². The van der Waals surface area contributed by atoms with E-state index in [1.807, 2.05) is 11.8 Å². The van der Waals surface area contributed by atoms with Crippen LogP contribution in [0.3, 0.4) is 0 Å². The lowest BCUT2D eigenvalue weighted by atomic mass is 10.2. The standard InChI is InChI=1S/C15H26N4S/c1-5-16-14-12(4)15(18-13(17-14)11(2)3)19-7-6-9-20-10-8-19/h11H,5-10H2,1-4H3,(H,16,17,18). The maximum absolute atomic E-state index is 4.85. The van der Waals surface area contributed by atoms with Gasteiger partial charge in [-0.25, -0.2) is 9.97 Å². The minimum atomic E-state index is 0.355. The summed E-state index contributed by atoms with van der Waals surface area (Å²) in [6, 6.07) is 0. The highest BCUT2D eigenvalue weighted by Gasteiger charge is 2.18. The molecule has 0 bridgehead atoms. The average molecular weight is 294 g/mol. The van der Waals surface area contributed by atoms with Crippen LogP contribution in [0.15, 0.2) is 0 Å². The van der Waals surface area contributed by atoms with Crippen LogP contribution in [0.5, 0.6) is 0 Å². The highest BCUT2D eigenvalue weighted by Crippen LogP contribution is 2.27. The quantitative estimate of drug-likeness (QED) is 0.923. The fourth-order valence-electron chi connectivity index (χ4n) is 2.39. The van der Waals surface area contributed by atoms with E-state index in [0.717, 1.165) is 37.1 Å². The number of aromatic nitrogens is 2. The molecule has 112 valence electrons. The van der Waals surface area contributed by atoms with E-state index in [9.17, 15) is 0 Å². The monoisotopic (exact) mass is 294 g/mol. The summed E-state index contributed by atoms with van der Waals surface area (Å²) in [7, 11) is 0. The Morgan fingerprint density at radius 3 is 2.75 bits per heavy atom. The lowest BCUT2D eigenvalue weighted by Gasteiger charge is -2.25. The van der Waals surface area contributed by atoms with Gasteiger partial charge in [-0.2, -0.15) is 11.8 Å². The van der Waals surface area contributed by atoms with Gasteiger partial charge in [-0.15, -0.1) is 0 Å². The van der Waals surface area contributed by atoms with E-state index in [0.29, 0.717) is 5.92 Å². The molecule has 5 heteroatoms. The predicted molar refractivity (Wildman–Crippen MR) is 89.2 cm³/mol. The van der Waals surface area contributed by atoms with Gasteiger partial charge in [0, 0.05) is 36.9 Å². The zero-order valence-electron chi connectivity index (χ0n) is 13.1. The number of hydrogen-bond donors (Lipinski definition) is 1. The predicted octanol–water partition coefficient (Wildman–Crippen LogP) is 3.28. The summed E-state index contributed by atoms with van der Waals surface area (Å²) in [5.41, 5.74) is 1.18. The van der Waals surface area contributed by atoms with Crippen molar-refractivity contribution in [2.75, 3.05) is 41.4 Å². The summed E-state index contributed by atoms with van der Waals surface area (Å²) in [5.74, 6) is 5.88. The third kappa shape index (κ3) is 3.57. The van der Waals surface area contributed by atoms with Crippen molar-refractivity contribution in [1.82, 2.24) is 9.97 Å². The van der Waals surface area contributed by atoms with Gasteiger partial charge in [0.2, 0.25) is 0 Å². The molecule has 1 aromatic rings. The fraction of sp³-hybridized carbons (Fsp3) is 0.733. The molecule has 1 aliphatic rings.